The number of halogens is 1. The molecule has 0 aromatic heterocycles. The van der Waals surface area contributed by atoms with Gasteiger partial charge in [-0.25, -0.2) is 4.39 Å². The zero-order chi connectivity index (χ0) is 11.7. The Morgan fingerprint density at radius 1 is 1.62 bits per heavy atom. The third-order valence-corrected chi connectivity index (χ3v) is 3.07. The molecule has 0 saturated carbocycles. The van der Waals surface area contributed by atoms with E-state index in [-0.39, 0.29) is 23.3 Å². The Hall–Kier alpha value is -1.58. The fourth-order valence-electron chi connectivity index (χ4n) is 1.97. The molecule has 1 unspecified atom stereocenters. The van der Waals surface area contributed by atoms with E-state index in [0.29, 0.717) is 6.54 Å². The van der Waals surface area contributed by atoms with Crippen LogP contribution in [0.3, 0.4) is 0 Å². The zero-order valence-electron chi connectivity index (χ0n) is 9.11. The molecule has 1 fully saturated rings. The second kappa shape index (κ2) is 4.12. The fraction of sp³-hybridized carbons (Fsp3) is 0.417. The van der Waals surface area contributed by atoms with E-state index in [1.807, 2.05) is 6.92 Å². The third kappa shape index (κ3) is 1.75. The number of aromatic hydroxyl groups is 1. The largest absolute Gasteiger partial charge is 0.507 e. The molecular formula is C12H14FNO2. The first-order valence-electron chi connectivity index (χ1n) is 5.43. The van der Waals surface area contributed by atoms with Crippen molar-refractivity contribution in [3.63, 3.8) is 0 Å². The van der Waals surface area contributed by atoms with Gasteiger partial charge in [0.25, 0.3) is 5.91 Å². The molecule has 1 aliphatic heterocycles. The lowest BCUT2D eigenvalue weighted by Crippen LogP contribution is -2.50. The summed E-state index contributed by atoms with van der Waals surface area (Å²) in [4.78, 5) is 13.6. The summed E-state index contributed by atoms with van der Waals surface area (Å²) >= 11 is 0. The second-order valence-corrected chi connectivity index (χ2v) is 4.01. The summed E-state index contributed by atoms with van der Waals surface area (Å²) in [5.74, 6) is -0.946. The molecule has 1 saturated heterocycles. The van der Waals surface area contributed by atoms with E-state index in [1.54, 1.807) is 4.90 Å². The highest BCUT2D eigenvalue weighted by molar-refractivity contribution is 5.97. The zero-order valence-corrected chi connectivity index (χ0v) is 9.11. The number of phenolic OH excluding ortho intramolecular Hbond substituents is 1. The fourth-order valence-corrected chi connectivity index (χ4v) is 1.97. The van der Waals surface area contributed by atoms with Gasteiger partial charge < -0.3 is 10.0 Å². The van der Waals surface area contributed by atoms with Crippen molar-refractivity contribution >= 4 is 5.91 Å². The highest BCUT2D eigenvalue weighted by Gasteiger charge is 2.32. The van der Waals surface area contributed by atoms with Crippen LogP contribution in [0.5, 0.6) is 5.75 Å². The average molecular weight is 223 g/mol. The molecular weight excluding hydrogens is 209 g/mol. The van der Waals surface area contributed by atoms with Gasteiger partial charge in [-0.2, -0.15) is 0 Å². The molecule has 86 valence electrons. The van der Waals surface area contributed by atoms with Gasteiger partial charge in [0.1, 0.15) is 11.6 Å². The van der Waals surface area contributed by atoms with Crippen molar-refractivity contribution in [2.24, 2.45) is 0 Å². The van der Waals surface area contributed by atoms with E-state index < -0.39 is 5.82 Å². The number of benzene rings is 1. The van der Waals surface area contributed by atoms with Gasteiger partial charge in [-0.1, -0.05) is 6.92 Å². The van der Waals surface area contributed by atoms with Gasteiger partial charge in [0, 0.05) is 12.6 Å². The number of likely N-dealkylation sites (tertiary alicyclic amines) is 1. The molecule has 0 spiro atoms. The van der Waals surface area contributed by atoms with Crippen LogP contribution in [-0.4, -0.2) is 28.5 Å². The minimum Gasteiger partial charge on any atom is -0.507 e. The van der Waals surface area contributed by atoms with Gasteiger partial charge in [-0.3, -0.25) is 4.79 Å². The van der Waals surface area contributed by atoms with Crippen LogP contribution in [0, 0.1) is 5.82 Å². The monoisotopic (exact) mass is 223 g/mol. The molecule has 0 radical (unpaired) electrons. The first-order valence-corrected chi connectivity index (χ1v) is 5.43. The highest BCUT2D eigenvalue weighted by atomic mass is 19.1. The molecule has 1 heterocycles. The van der Waals surface area contributed by atoms with E-state index in [4.69, 9.17) is 0 Å². The summed E-state index contributed by atoms with van der Waals surface area (Å²) in [5.41, 5.74) is 0.0538. The number of amides is 1. The Kier molecular flexibility index (Phi) is 2.81. The van der Waals surface area contributed by atoms with Gasteiger partial charge in [0.15, 0.2) is 0 Å². The van der Waals surface area contributed by atoms with Crippen LogP contribution >= 0.6 is 0 Å². The maximum Gasteiger partial charge on any atom is 0.257 e. The Bertz CT molecular complexity index is 417. The van der Waals surface area contributed by atoms with Crippen LogP contribution in [-0.2, 0) is 0 Å². The van der Waals surface area contributed by atoms with Crippen LogP contribution in [0.25, 0.3) is 0 Å². The predicted molar refractivity (Wildman–Crippen MR) is 57.8 cm³/mol. The normalized spacial score (nSPS) is 19.4. The molecule has 0 bridgehead atoms. The van der Waals surface area contributed by atoms with Crippen molar-refractivity contribution in [3.8, 4) is 5.75 Å². The minimum atomic E-state index is -0.505. The molecule has 4 heteroatoms. The Morgan fingerprint density at radius 3 is 2.94 bits per heavy atom. The molecule has 1 N–H and O–H groups in total. The van der Waals surface area contributed by atoms with Crippen molar-refractivity contribution in [3.05, 3.63) is 29.6 Å². The van der Waals surface area contributed by atoms with Gasteiger partial charge in [0.2, 0.25) is 0 Å². The number of rotatable bonds is 2. The average Bonchev–Trinajstić information content (AvgIpc) is 2.20. The molecule has 1 aromatic carbocycles. The lowest BCUT2D eigenvalue weighted by molar-refractivity contribution is 0.0452. The Labute approximate surface area is 93.5 Å². The molecule has 0 aliphatic carbocycles. The molecule has 16 heavy (non-hydrogen) atoms. The van der Waals surface area contributed by atoms with Gasteiger partial charge >= 0.3 is 0 Å². The van der Waals surface area contributed by atoms with Crippen LogP contribution in [0.1, 0.15) is 30.1 Å². The van der Waals surface area contributed by atoms with Gasteiger partial charge in [0.05, 0.1) is 5.56 Å². The number of carbonyl (C=O) groups is 1. The Balaban J connectivity index is 2.23. The molecule has 3 nitrogen and oxygen atoms in total. The maximum atomic E-state index is 13.0. The molecule has 2 rings (SSSR count). The smallest absolute Gasteiger partial charge is 0.257 e. The summed E-state index contributed by atoms with van der Waals surface area (Å²) < 4.78 is 13.0. The summed E-state index contributed by atoms with van der Waals surface area (Å²) in [6.07, 6.45) is 1.88. The lowest BCUT2D eigenvalue weighted by atomic mass is 9.98. The summed E-state index contributed by atoms with van der Waals surface area (Å²) in [5, 5.41) is 9.52. The molecule has 1 aliphatic rings. The van der Waals surface area contributed by atoms with E-state index in [0.717, 1.165) is 25.0 Å². The quantitative estimate of drug-likeness (QED) is 0.834. The van der Waals surface area contributed by atoms with Crippen molar-refractivity contribution in [2.75, 3.05) is 6.54 Å². The van der Waals surface area contributed by atoms with Crippen LogP contribution in [0.2, 0.25) is 0 Å². The summed E-state index contributed by atoms with van der Waals surface area (Å²) in [7, 11) is 0. The minimum absolute atomic E-state index is 0.0538. The van der Waals surface area contributed by atoms with Crippen LogP contribution < -0.4 is 0 Å². The first kappa shape index (κ1) is 10.9. The summed E-state index contributed by atoms with van der Waals surface area (Å²) in [6, 6.07) is 3.67. The Morgan fingerprint density at radius 2 is 2.38 bits per heavy atom. The lowest BCUT2D eigenvalue weighted by Gasteiger charge is -2.40. The SMILES string of the molecule is CCC1CCN1C(=O)c1cc(F)ccc1O. The maximum absolute atomic E-state index is 13.0. The first-order chi connectivity index (χ1) is 7.63. The molecule has 1 aromatic rings. The second-order valence-electron chi connectivity index (χ2n) is 4.01. The third-order valence-electron chi connectivity index (χ3n) is 3.07. The number of hydrogen-bond acceptors (Lipinski definition) is 2. The predicted octanol–water partition coefficient (Wildman–Crippen LogP) is 2.16. The van der Waals surface area contributed by atoms with Crippen molar-refractivity contribution in [2.45, 2.75) is 25.8 Å². The van der Waals surface area contributed by atoms with Gasteiger partial charge in [-0.15, -0.1) is 0 Å². The van der Waals surface area contributed by atoms with Crippen molar-refractivity contribution < 1.29 is 14.3 Å². The molecule has 1 amide bonds. The standard InChI is InChI=1S/C12H14FNO2/c1-2-9-5-6-14(9)12(16)10-7-8(13)3-4-11(10)15/h3-4,7,9,15H,2,5-6H2,1H3. The number of nitrogens with zero attached hydrogens (tertiary/aromatic N) is 1. The van der Waals surface area contributed by atoms with Crippen molar-refractivity contribution in [1.29, 1.82) is 0 Å². The van der Waals surface area contributed by atoms with E-state index in [2.05, 4.69) is 0 Å². The van der Waals surface area contributed by atoms with Crippen LogP contribution in [0.4, 0.5) is 4.39 Å². The number of phenols is 1. The topological polar surface area (TPSA) is 40.5 Å². The highest BCUT2D eigenvalue weighted by Crippen LogP contribution is 2.26. The number of carbonyl (C=O) groups excluding carboxylic acids is 1. The van der Waals surface area contributed by atoms with E-state index in [9.17, 15) is 14.3 Å². The molecule has 1 atom stereocenters. The van der Waals surface area contributed by atoms with Crippen LogP contribution in [0.15, 0.2) is 18.2 Å². The number of hydrogen-bond donors (Lipinski definition) is 1. The van der Waals surface area contributed by atoms with E-state index >= 15 is 0 Å². The van der Waals surface area contributed by atoms with E-state index in [1.165, 1.54) is 6.07 Å². The summed E-state index contributed by atoms with van der Waals surface area (Å²) in [6.45, 7) is 2.70. The van der Waals surface area contributed by atoms with Crippen molar-refractivity contribution in [1.82, 2.24) is 4.90 Å². The van der Waals surface area contributed by atoms with Gasteiger partial charge in [-0.05, 0) is 31.0 Å².